The van der Waals surface area contributed by atoms with Gasteiger partial charge in [0.1, 0.15) is 0 Å². The van der Waals surface area contributed by atoms with E-state index in [4.69, 9.17) is 0 Å². The number of rotatable bonds is 4. The van der Waals surface area contributed by atoms with E-state index in [2.05, 4.69) is 65.2 Å². The van der Waals surface area contributed by atoms with Crippen molar-refractivity contribution in [3.63, 3.8) is 0 Å². The van der Waals surface area contributed by atoms with Crippen molar-refractivity contribution < 1.29 is 0 Å². The highest BCUT2D eigenvalue weighted by molar-refractivity contribution is 9.10. The van der Waals surface area contributed by atoms with Crippen LogP contribution in [0.3, 0.4) is 0 Å². The zero-order valence-corrected chi connectivity index (χ0v) is 14.1. The molecule has 0 spiro atoms. The van der Waals surface area contributed by atoms with Gasteiger partial charge < -0.3 is 5.32 Å². The predicted molar refractivity (Wildman–Crippen MR) is 90.3 cm³/mol. The highest BCUT2D eigenvalue weighted by Crippen LogP contribution is 2.32. The van der Waals surface area contributed by atoms with Gasteiger partial charge >= 0.3 is 0 Å². The SMILES string of the molecule is CCC(CC)C1CN=C(Nc2ccc(Br)c(C)c2)S1. The molecule has 2 rings (SSSR count). The lowest BCUT2D eigenvalue weighted by Gasteiger charge is -2.18. The van der Waals surface area contributed by atoms with Crippen molar-refractivity contribution in [2.75, 3.05) is 11.9 Å². The van der Waals surface area contributed by atoms with Gasteiger partial charge in [-0.15, -0.1) is 0 Å². The first kappa shape index (κ1) is 14.9. The Balaban J connectivity index is 1.96. The molecule has 0 bridgehead atoms. The van der Waals surface area contributed by atoms with Crippen LogP contribution in [0.15, 0.2) is 27.7 Å². The zero-order valence-electron chi connectivity index (χ0n) is 11.7. The number of hydrogen-bond acceptors (Lipinski definition) is 3. The van der Waals surface area contributed by atoms with Crippen molar-refractivity contribution in [1.29, 1.82) is 0 Å². The molecule has 0 aromatic heterocycles. The largest absolute Gasteiger partial charge is 0.335 e. The topological polar surface area (TPSA) is 24.4 Å². The van der Waals surface area contributed by atoms with Crippen LogP contribution in [0.25, 0.3) is 0 Å². The Bertz CT molecular complexity index is 469. The maximum atomic E-state index is 4.64. The molecule has 0 fully saturated rings. The standard InChI is InChI=1S/C15H21BrN2S/c1-4-11(5-2)14-9-17-15(19-14)18-12-6-7-13(16)10(3)8-12/h6-8,11,14H,4-5,9H2,1-3H3,(H,17,18). The van der Waals surface area contributed by atoms with E-state index >= 15 is 0 Å². The zero-order chi connectivity index (χ0) is 13.8. The van der Waals surface area contributed by atoms with Gasteiger partial charge in [-0.3, -0.25) is 4.99 Å². The molecule has 104 valence electrons. The third-order valence-electron chi connectivity index (χ3n) is 3.66. The number of aryl methyl sites for hydroxylation is 1. The van der Waals surface area contributed by atoms with Gasteiger partial charge in [-0.1, -0.05) is 54.4 Å². The number of amidine groups is 1. The van der Waals surface area contributed by atoms with Crippen LogP contribution >= 0.6 is 27.7 Å². The van der Waals surface area contributed by atoms with Crippen LogP contribution < -0.4 is 5.32 Å². The Labute approximate surface area is 128 Å². The lowest BCUT2D eigenvalue weighted by Crippen LogP contribution is -2.17. The molecule has 1 heterocycles. The molecule has 1 aromatic rings. The third kappa shape index (κ3) is 3.76. The Kier molecular flexibility index (Phi) is 5.34. The van der Waals surface area contributed by atoms with Gasteiger partial charge in [0.15, 0.2) is 5.17 Å². The molecule has 4 heteroatoms. The molecular weight excluding hydrogens is 320 g/mol. The monoisotopic (exact) mass is 340 g/mol. The molecule has 0 amide bonds. The summed E-state index contributed by atoms with van der Waals surface area (Å²) in [6.07, 6.45) is 2.49. The van der Waals surface area contributed by atoms with Gasteiger partial charge in [-0.2, -0.15) is 0 Å². The van der Waals surface area contributed by atoms with Gasteiger partial charge in [0.05, 0.1) is 6.54 Å². The minimum Gasteiger partial charge on any atom is -0.335 e. The first-order chi connectivity index (χ1) is 9.13. The van der Waals surface area contributed by atoms with Crippen molar-refractivity contribution >= 4 is 38.5 Å². The molecule has 1 aromatic carbocycles. The predicted octanol–water partition coefficient (Wildman–Crippen LogP) is 5.08. The van der Waals surface area contributed by atoms with Crippen LogP contribution in [0.2, 0.25) is 0 Å². The van der Waals surface area contributed by atoms with Gasteiger partial charge in [0.25, 0.3) is 0 Å². The lowest BCUT2D eigenvalue weighted by molar-refractivity contribution is 0.479. The van der Waals surface area contributed by atoms with Crippen LogP contribution in [0.5, 0.6) is 0 Å². The number of aliphatic imine (C=N–C) groups is 1. The summed E-state index contributed by atoms with van der Waals surface area (Å²) in [5.41, 5.74) is 2.36. The van der Waals surface area contributed by atoms with E-state index < -0.39 is 0 Å². The van der Waals surface area contributed by atoms with Gasteiger partial charge in [0, 0.05) is 15.4 Å². The average Bonchev–Trinajstić information content (AvgIpc) is 2.84. The highest BCUT2D eigenvalue weighted by atomic mass is 79.9. The molecule has 19 heavy (non-hydrogen) atoms. The molecular formula is C15H21BrN2S. The minimum absolute atomic E-state index is 0.647. The maximum Gasteiger partial charge on any atom is 0.161 e. The average molecular weight is 341 g/mol. The first-order valence-corrected chi connectivity index (χ1v) is 8.55. The molecule has 0 saturated heterocycles. The van der Waals surface area contributed by atoms with E-state index in [0.717, 1.165) is 27.8 Å². The minimum atomic E-state index is 0.647. The summed E-state index contributed by atoms with van der Waals surface area (Å²) in [4.78, 5) is 4.64. The number of nitrogens with one attached hydrogen (secondary N) is 1. The summed E-state index contributed by atoms with van der Waals surface area (Å²) in [6.45, 7) is 7.61. The molecule has 1 unspecified atom stereocenters. The fourth-order valence-electron chi connectivity index (χ4n) is 2.37. The van der Waals surface area contributed by atoms with E-state index in [-0.39, 0.29) is 0 Å². The number of halogens is 1. The van der Waals surface area contributed by atoms with Crippen LogP contribution in [0.4, 0.5) is 5.69 Å². The molecule has 1 aliphatic heterocycles. The second-order valence-corrected chi connectivity index (χ2v) is 7.05. The normalized spacial score (nSPS) is 18.8. The number of hydrogen-bond donors (Lipinski definition) is 1. The number of nitrogens with zero attached hydrogens (tertiary/aromatic N) is 1. The van der Waals surface area contributed by atoms with Crippen LogP contribution in [-0.4, -0.2) is 17.0 Å². The van der Waals surface area contributed by atoms with Crippen molar-refractivity contribution in [2.24, 2.45) is 10.9 Å². The second-order valence-electron chi connectivity index (χ2n) is 4.97. The van der Waals surface area contributed by atoms with Gasteiger partial charge in [-0.05, 0) is 36.6 Å². The maximum absolute atomic E-state index is 4.64. The summed E-state index contributed by atoms with van der Waals surface area (Å²) in [6, 6.07) is 6.32. The third-order valence-corrected chi connectivity index (χ3v) is 5.84. The summed E-state index contributed by atoms with van der Waals surface area (Å²) < 4.78 is 1.15. The molecule has 1 aliphatic rings. The number of thioether (sulfide) groups is 1. The van der Waals surface area contributed by atoms with Crippen molar-refractivity contribution in [2.45, 2.75) is 38.9 Å². The van der Waals surface area contributed by atoms with Gasteiger partial charge in [-0.25, -0.2) is 0 Å². The Hall–Kier alpha value is -0.480. The first-order valence-electron chi connectivity index (χ1n) is 6.88. The fourth-order valence-corrected chi connectivity index (χ4v) is 3.95. The highest BCUT2D eigenvalue weighted by Gasteiger charge is 2.25. The summed E-state index contributed by atoms with van der Waals surface area (Å²) >= 11 is 5.43. The molecule has 0 saturated carbocycles. The Morgan fingerprint density at radius 2 is 2.16 bits per heavy atom. The van der Waals surface area contributed by atoms with Crippen LogP contribution in [-0.2, 0) is 0 Å². The summed E-state index contributed by atoms with van der Waals surface area (Å²) in [5, 5.41) is 5.15. The number of anilines is 1. The summed E-state index contributed by atoms with van der Waals surface area (Å²) in [5.74, 6) is 0.778. The van der Waals surface area contributed by atoms with E-state index in [1.165, 1.54) is 18.4 Å². The second kappa shape index (κ2) is 6.80. The smallest absolute Gasteiger partial charge is 0.161 e. The molecule has 1 N–H and O–H groups in total. The Morgan fingerprint density at radius 1 is 1.42 bits per heavy atom. The van der Waals surface area contributed by atoms with Crippen LogP contribution in [0.1, 0.15) is 32.3 Å². The number of benzene rings is 1. The van der Waals surface area contributed by atoms with E-state index in [1.807, 2.05) is 11.8 Å². The quantitative estimate of drug-likeness (QED) is 0.826. The van der Waals surface area contributed by atoms with Crippen LogP contribution in [0, 0.1) is 12.8 Å². The lowest BCUT2D eigenvalue weighted by atomic mass is 9.99. The fraction of sp³-hybridized carbons (Fsp3) is 0.533. The van der Waals surface area contributed by atoms with Crippen molar-refractivity contribution in [3.8, 4) is 0 Å². The molecule has 2 nitrogen and oxygen atoms in total. The van der Waals surface area contributed by atoms with Crippen molar-refractivity contribution in [3.05, 3.63) is 28.2 Å². The molecule has 1 atom stereocenters. The van der Waals surface area contributed by atoms with Crippen molar-refractivity contribution in [1.82, 2.24) is 0 Å². The van der Waals surface area contributed by atoms with Gasteiger partial charge in [0.2, 0.25) is 0 Å². The molecule has 0 radical (unpaired) electrons. The Morgan fingerprint density at radius 3 is 2.79 bits per heavy atom. The van der Waals surface area contributed by atoms with E-state index in [9.17, 15) is 0 Å². The summed E-state index contributed by atoms with van der Waals surface area (Å²) in [7, 11) is 0. The molecule has 0 aliphatic carbocycles. The van der Waals surface area contributed by atoms with E-state index in [1.54, 1.807) is 0 Å². The van der Waals surface area contributed by atoms with E-state index in [0.29, 0.717) is 5.25 Å².